The van der Waals surface area contributed by atoms with Crippen molar-refractivity contribution in [3.63, 3.8) is 0 Å². The second kappa shape index (κ2) is 9.11. The van der Waals surface area contributed by atoms with Gasteiger partial charge in [-0.3, -0.25) is 10.1 Å². The quantitative estimate of drug-likeness (QED) is 0.622. The first kappa shape index (κ1) is 20.2. The Morgan fingerprint density at radius 2 is 1.59 bits per heavy atom. The molecule has 0 saturated carbocycles. The van der Waals surface area contributed by atoms with Gasteiger partial charge in [-0.1, -0.05) is 42.5 Å². The number of ether oxygens (including phenoxy) is 2. The Kier molecular flexibility index (Phi) is 6.36. The molecule has 7 nitrogen and oxygen atoms in total. The summed E-state index contributed by atoms with van der Waals surface area (Å²) >= 11 is 1.27. The summed E-state index contributed by atoms with van der Waals surface area (Å²) in [5.74, 6) is -1.98. The molecule has 0 aliphatic rings. The predicted molar refractivity (Wildman–Crippen MR) is 109 cm³/mol. The van der Waals surface area contributed by atoms with Crippen molar-refractivity contribution in [1.29, 1.82) is 0 Å². The zero-order valence-corrected chi connectivity index (χ0v) is 16.6. The van der Waals surface area contributed by atoms with Gasteiger partial charge in [0.1, 0.15) is 0 Å². The van der Waals surface area contributed by atoms with Crippen LogP contribution in [0.5, 0.6) is 0 Å². The smallest absolute Gasteiger partial charge is 0.339 e. The molecule has 0 fully saturated rings. The minimum Gasteiger partial charge on any atom is -0.465 e. The van der Waals surface area contributed by atoms with E-state index in [4.69, 9.17) is 4.74 Å². The van der Waals surface area contributed by atoms with Gasteiger partial charge in [-0.25, -0.2) is 14.6 Å². The molecule has 0 aliphatic heterocycles. The molecule has 3 rings (SSSR count). The number of carbonyl (C=O) groups is 3. The van der Waals surface area contributed by atoms with Gasteiger partial charge in [0, 0.05) is 10.9 Å². The molecule has 1 amide bonds. The van der Waals surface area contributed by atoms with E-state index in [9.17, 15) is 14.4 Å². The molecule has 1 unspecified atom stereocenters. The number of benzene rings is 2. The van der Waals surface area contributed by atoms with Gasteiger partial charge in [-0.2, -0.15) is 0 Å². The van der Waals surface area contributed by atoms with Crippen LogP contribution in [0.25, 0.3) is 11.3 Å². The van der Waals surface area contributed by atoms with Gasteiger partial charge >= 0.3 is 11.9 Å². The fourth-order valence-electron chi connectivity index (χ4n) is 2.51. The van der Waals surface area contributed by atoms with Crippen LogP contribution in [0.1, 0.15) is 27.6 Å². The van der Waals surface area contributed by atoms with E-state index in [1.165, 1.54) is 37.5 Å². The van der Waals surface area contributed by atoms with E-state index in [1.54, 1.807) is 12.1 Å². The molecule has 148 valence electrons. The average molecular weight is 410 g/mol. The molecule has 0 spiro atoms. The Morgan fingerprint density at radius 3 is 2.24 bits per heavy atom. The SMILES string of the molecule is COC(=O)c1ccccc1C(=O)OC(C)C(=O)Nc1nc(-c2ccccc2)cs1. The third-order valence-corrected chi connectivity index (χ3v) is 4.77. The normalized spacial score (nSPS) is 11.4. The summed E-state index contributed by atoms with van der Waals surface area (Å²) in [7, 11) is 1.22. The lowest BCUT2D eigenvalue weighted by molar-refractivity contribution is -0.123. The van der Waals surface area contributed by atoms with Crippen molar-refractivity contribution in [3.05, 3.63) is 71.1 Å². The minimum atomic E-state index is -1.09. The second-order valence-electron chi connectivity index (χ2n) is 5.98. The van der Waals surface area contributed by atoms with Crippen LogP contribution in [0, 0.1) is 0 Å². The number of thiazole rings is 1. The van der Waals surface area contributed by atoms with Crippen molar-refractivity contribution in [2.45, 2.75) is 13.0 Å². The first-order valence-corrected chi connectivity index (χ1v) is 9.57. The van der Waals surface area contributed by atoms with Crippen molar-refractivity contribution in [2.24, 2.45) is 0 Å². The molecule has 3 aromatic rings. The summed E-state index contributed by atoms with van der Waals surface area (Å²) in [6.45, 7) is 1.44. The zero-order chi connectivity index (χ0) is 20.8. The maximum Gasteiger partial charge on any atom is 0.339 e. The molecule has 29 heavy (non-hydrogen) atoms. The third-order valence-electron chi connectivity index (χ3n) is 4.01. The van der Waals surface area contributed by atoms with Gasteiger partial charge in [0.15, 0.2) is 11.2 Å². The number of amides is 1. The van der Waals surface area contributed by atoms with E-state index in [1.807, 2.05) is 35.7 Å². The molecule has 1 atom stereocenters. The molecule has 2 aromatic carbocycles. The van der Waals surface area contributed by atoms with E-state index < -0.39 is 23.9 Å². The summed E-state index contributed by atoms with van der Waals surface area (Å²) in [6, 6.07) is 15.6. The maximum absolute atomic E-state index is 12.4. The number of hydrogen-bond donors (Lipinski definition) is 1. The predicted octanol–water partition coefficient (Wildman–Crippen LogP) is 3.78. The van der Waals surface area contributed by atoms with Crippen LogP contribution in [0.15, 0.2) is 60.0 Å². The summed E-state index contributed by atoms with van der Waals surface area (Å²) < 4.78 is 9.88. The van der Waals surface area contributed by atoms with Gasteiger partial charge in [-0.05, 0) is 19.1 Å². The molecule has 0 aliphatic carbocycles. The number of hydrogen-bond acceptors (Lipinski definition) is 7. The lowest BCUT2D eigenvalue weighted by Gasteiger charge is -2.13. The van der Waals surface area contributed by atoms with E-state index in [0.717, 1.165) is 11.3 Å². The number of carbonyl (C=O) groups excluding carboxylic acids is 3. The summed E-state index contributed by atoms with van der Waals surface area (Å²) in [4.78, 5) is 41.0. The van der Waals surface area contributed by atoms with Crippen LogP contribution in [0.2, 0.25) is 0 Å². The summed E-state index contributed by atoms with van der Waals surface area (Å²) in [5.41, 5.74) is 1.77. The highest BCUT2D eigenvalue weighted by molar-refractivity contribution is 7.14. The molecule has 1 N–H and O–H groups in total. The topological polar surface area (TPSA) is 94.6 Å². The second-order valence-corrected chi connectivity index (χ2v) is 6.84. The van der Waals surface area contributed by atoms with Gasteiger partial charge in [0.05, 0.1) is 23.9 Å². The largest absolute Gasteiger partial charge is 0.465 e. The number of esters is 2. The monoisotopic (exact) mass is 410 g/mol. The first-order chi connectivity index (χ1) is 14.0. The van der Waals surface area contributed by atoms with Gasteiger partial charge in [0.25, 0.3) is 5.91 Å². The van der Waals surface area contributed by atoms with E-state index in [-0.39, 0.29) is 11.1 Å². The highest BCUT2D eigenvalue weighted by atomic mass is 32.1. The van der Waals surface area contributed by atoms with Crippen LogP contribution < -0.4 is 5.32 Å². The third kappa shape index (κ3) is 4.85. The number of nitrogens with zero attached hydrogens (tertiary/aromatic N) is 1. The Balaban J connectivity index is 1.65. The van der Waals surface area contributed by atoms with Crippen LogP contribution in [-0.4, -0.2) is 36.0 Å². The fraction of sp³-hybridized carbons (Fsp3) is 0.143. The molecule has 1 heterocycles. The van der Waals surface area contributed by atoms with Gasteiger partial charge < -0.3 is 9.47 Å². The number of anilines is 1. The first-order valence-electron chi connectivity index (χ1n) is 8.69. The molecular weight excluding hydrogens is 392 g/mol. The van der Waals surface area contributed by atoms with Crippen LogP contribution in [0.3, 0.4) is 0 Å². The molecule has 1 aromatic heterocycles. The Morgan fingerprint density at radius 1 is 0.966 bits per heavy atom. The van der Waals surface area contributed by atoms with E-state index in [0.29, 0.717) is 5.13 Å². The number of rotatable bonds is 6. The molecule has 0 radical (unpaired) electrons. The van der Waals surface area contributed by atoms with Crippen molar-refractivity contribution in [1.82, 2.24) is 4.98 Å². The fourth-order valence-corrected chi connectivity index (χ4v) is 3.23. The van der Waals surface area contributed by atoms with E-state index >= 15 is 0 Å². The average Bonchev–Trinajstić information content (AvgIpc) is 3.22. The lowest BCUT2D eigenvalue weighted by atomic mass is 10.1. The van der Waals surface area contributed by atoms with Crippen molar-refractivity contribution in [3.8, 4) is 11.3 Å². The van der Waals surface area contributed by atoms with Crippen LogP contribution in [-0.2, 0) is 14.3 Å². The Labute approximate surface area is 171 Å². The highest BCUT2D eigenvalue weighted by Gasteiger charge is 2.23. The number of nitrogens with one attached hydrogen (secondary N) is 1. The van der Waals surface area contributed by atoms with Gasteiger partial charge in [0.2, 0.25) is 0 Å². The zero-order valence-electron chi connectivity index (χ0n) is 15.7. The van der Waals surface area contributed by atoms with Gasteiger partial charge in [-0.15, -0.1) is 11.3 Å². The molecule has 8 heteroatoms. The van der Waals surface area contributed by atoms with Crippen molar-refractivity contribution in [2.75, 3.05) is 12.4 Å². The number of aromatic nitrogens is 1. The molecular formula is C21H18N2O5S. The van der Waals surface area contributed by atoms with E-state index in [2.05, 4.69) is 15.0 Å². The lowest BCUT2D eigenvalue weighted by Crippen LogP contribution is -2.30. The van der Waals surface area contributed by atoms with Crippen LogP contribution in [0.4, 0.5) is 5.13 Å². The number of methoxy groups -OCH3 is 1. The minimum absolute atomic E-state index is 0.0274. The molecule has 0 saturated heterocycles. The summed E-state index contributed by atoms with van der Waals surface area (Å²) in [5, 5.41) is 4.86. The molecule has 0 bridgehead atoms. The Bertz CT molecular complexity index is 1030. The Hall–Kier alpha value is -3.52. The van der Waals surface area contributed by atoms with Crippen molar-refractivity contribution >= 4 is 34.3 Å². The highest BCUT2D eigenvalue weighted by Crippen LogP contribution is 2.24. The standard InChI is InChI=1S/C21H18N2O5S/c1-13(28-20(26)16-11-7-6-10-15(16)19(25)27-2)18(24)23-21-22-17(12-29-21)14-8-4-3-5-9-14/h3-13H,1-2H3,(H,22,23,24). The van der Waals surface area contributed by atoms with Crippen LogP contribution >= 0.6 is 11.3 Å². The maximum atomic E-state index is 12.4. The van der Waals surface area contributed by atoms with Crippen molar-refractivity contribution < 1.29 is 23.9 Å². The summed E-state index contributed by atoms with van der Waals surface area (Å²) in [6.07, 6.45) is -1.09.